The predicted octanol–water partition coefficient (Wildman–Crippen LogP) is 7.57. The number of benzene rings is 3. The zero-order valence-corrected chi connectivity index (χ0v) is 18.1. The van der Waals surface area contributed by atoms with E-state index in [9.17, 15) is 4.79 Å². The molecular weight excluding hydrogens is 420 g/mol. The maximum Gasteiger partial charge on any atom is 0.215 e. The van der Waals surface area contributed by atoms with Crippen molar-refractivity contribution >= 4 is 45.0 Å². The van der Waals surface area contributed by atoms with Crippen molar-refractivity contribution in [2.45, 2.75) is 0 Å². The molecule has 0 aliphatic heterocycles. The van der Waals surface area contributed by atoms with Crippen LogP contribution in [0.25, 0.3) is 11.3 Å². The van der Waals surface area contributed by atoms with Crippen LogP contribution in [0, 0.1) is 0 Å². The normalized spacial score (nSPS) is 10.7. The number of thiazole rings is 1. The first-order valence-electron chi connectivity index (χ1n) is 9.86. The van der Waals surface area contributed by atoms with E-state index in [1.54, 1.807) is 0 Å². The lowest BCUT2D eigenvalue weighted by molar-refractivity contribution is 0.104. The van der Waals surface area contributed by atoms with Gasteiger partial charge in [0, 0.05) is 16.9 Å². The molecule has 0 aliphatic carbocycles. The number of nitrogens with zero attached hydrogens (tertiary/aromatic N) is 2. The fourth-order valence-electron chi connectivity index (χ4n) is 3.39. The zero-order chi connectivity index (χ0) is 21.0. The van der Waals surface area contributed by atoms with Crippen LogP contribution in [0.2, 0.25) is 0 Å². The molecule has 150 valence electrons. The summed E-state index contributed by atoms with van der Waals surface area (Å²) in [5.41, 5.74) is 3.65. The number of aromatic nitrogens is 1. The van der Waals surface area contributed by atoms with Gasteiger partial charge < -0.3 is 0 Å². The molecule has 2 heterocycles. The van der Waals surface area contributed by atoms with Gasteiger partial charge in [-0.1, -0.05) is 84.1 Å². The van der Waals surface area contributed by atoms with Crippen LogP contribution in [0.3, 0.4) is 0 Å². The van der Waals surface area contributed by atoms with E-state index in [0.29, 0.717) is 4.88 Å². The lowest BCUT2D eigenvalue weighted by Crippen LogP contribution is -2.09. The predicted molar refractivity (Wildman–Crippen MR) is 130 cm³/mol. The molecule has 3 nitrogen and oxygen atoms in total. The standard InChI is InChI=1S/C26H18N2OS2/c29-24(22-17-10-18-30-22)25-23(19-11-4-1-5-12-19)27-26(31-25)28(20-13-6-2-7-14-20)21-15-8-3-9-16-21/h1-18H. The lowest BCUT2D eigenvalue weighted by Gasteiger charge is -2.22. The van der Waals surface area contributed by atoms with Crippen molar-refractivity contribution in [3.8, 4) is 11.3 Å². The molecule has 5 rings (SSSR count). The molecule has 0 saturated carbocycles. The average Bonchev–Trinajstić information content (AvgIpc) is 3.52. The number of hydrogen-bond acceptors (Lipinski definition) is 5. The van der Waals surface area contributed by atoms with Crippen molar-refractivity contribution in [2.75, 3.05) is 4.90 Å². The Morgan fingerprint density at radius 2 is 1.29 bits per heavy atom. The monoisotopic (exact) mass is 438 g/mol. The molecule has 0 spiro atoms. The highest BCUT2D eigenvalue weighted by Gasteiger charge is 2.25. The van der Waals surface area contributed by atoms with Gasteiger partial charge in [0.05, 0.1) is 10.6 Å². The molecule has 0 amide bonds. The van der Waals surface area contributed by atoms with E-state index in [1.807, 2.05) is 84.2 Å². The summed E-state index contributed by atoms with van der Waals surface area (Å²) in [6, 6.07) is 33.9. The molecule has 0 saturated heterocycles. The Morgan fingerprint density at radius 3 is 1.84 bits per heavy atom. The van der Waals surface area contributed by atoms with E-state index >= 15 is 0 Å². The summed E-state index contributed by atoms with van der Waals surface area (Å²) in [4.78, 5) is 21.8. The second kappa shape index (κ2) is 8.68. The first-order valence-corrected chi connectivity index (χ1v) is 11.6. The lowest BCUT2D eigenvalue weighted by atomic mass is 10.1. The summed E-state index contributed by atoms with van der Waals surface area (Å²) < 4.78 is 0. The topological polar surface area (TPSA) is 33.2 Å². The van der Waals surface area contributed by atoms with Crippen LogP contribution in [0.15, 0.2) is 109 Å². The first-order chi connectivity index (χ1) is 15.3. The maximum atomic E-state index is 13.4. The Hall–Kier alpha value is -3.54. The molecule has 0 unspecified atom stereocenters. The van der Waals surface area contributed by atoms with Gasteiger partial charge in [-0.15, -0.1) is 11.3 Å². The van der Waals surface area contributed by atoms with E-state index < -0.39 is 0 Å². The molecule has 0 fully saturated rings. The molecule has 3 aromatic carbocycles. The van der Waals surface area contributed by atoms with Gasteiger partial charge in [0.25, 0.3) is 0 Å². The van der Waals surface area contributed by atoms with Crippen LogP contribution in [0.4, 0.5) is 16.5 Å². The molecule has 0 N–H and O–H groups in total. The Labute approximate surface area is 188 Å². The molecule has 5 aromatic rings. The summed E-state index contributed by atoms with van der Waals surface area (Å²) in [6.07, 6.45) is 0. The van der Waals surface area contributed by atoms with E-state index in [4.69, 9.17) is 4.98 Å². The third-order valence-electron chi connectivity index (χ3n) is 4.83. The first kappa shape index (κ1) is 19.4. The number of hydrogen-bond donors (Lipinski definition) is 0. The molecule has 31 heavy (non-hydrogen) atoms. The third kappa shape index (κ3) is 3.93. The van der Waals surface area contributed by atoms with Gasteiger partial charge in [0.15, 0.2) is 5.13 Å². The van der Waals surface area contributed by atoms with Gasteiger partial charge in [-0.2, -0.15) is 0 Å². The van der Waals surface area contributed by atoms with Crippen LogP contribution in [-0.4, -0.2) is 10.8 Å². The van der Waals surface area contributed by atoms with Crippen LogP contribution >= 0.6 is 22.7 Å². The van der Waals surface area contributed by atoms with E-state index in [0.717, 1.165) is 32.6 Å². The Morgan fingerprint density at radius 1 is 0.710 bits per heavy atom. The molecule has 0 aliphatic rings. The van der Waals surface area contributed by atoms with Crippen molar-refractivity contribution in [1.82, 2.24) is 4.98 Å². The zero-order valence-electron chi connectivity index (χ0n) is 16.5. The van der Waals surface area contributed by atoms with E-state index in [2.05, 4.69) is 29.2 Å². The second-order valence-corrected chi connectivity index (χ2v) is 8.78. The SMILES string of the molecule is O=C(c1cccs1)c1sc(N(c2ccccc2)c2ccccc2)nc1-c1ccccc1. The fraction of sp³-hybridized carbons (Fsp3) is 0. The minimum atomic E-state index is 0.0127. The summed E-state index contributed by atoms with van der Waals surface area (Å²) in [7, 11) is 0. The molecule has 0 atom stereocenters. The number of carbonyl (C=O) groups is 1. The number of ketones is 1. The highest BCUT2D eigenvalue weighted by atomic mass is 32.1. The van der Waals surface area contributed by atoms with E-state index in [-0.39, 0.29) is 5.78 Å². The number of rotatable bonds is 6. The average molecular weight is 439 g/mol. The molecular formula is C26H18N2OS2. The number of carbonyl (C=O) groups excluding carboxylic acids is 1. The smallest absolute Gasteiger partial charge is 0.215 e. The molecule has 0 radical (unpaired) electrons. The number of thiophene rings is 1. The molecule has 0 bridgehead atoms. The Kier molecular flexibility index (Phi) is 5.44. The minimum absolute atomic E-state index is 0.0127. The summed E-state index contributed by atoms with van der Waals surface area (Å²) in [5.74, 6) is 0.0127. The second-order valence-electron chi connectivity index (χ2n) is 6.85. The van der Waals surface area contributed by atoms with Crippen molar-refractivity contribution in [3.05, 3.63) is 118 Å². The third-order valence-corrected chi connectivity index (χ3v) is 6.74. The Balaban J connectivity index is 1.70. The van der Waals surface area contributed by atoms with Crippen molar-refractivity contribution in [2.24, 2.45) is 0 Å². The highest BCUT2D eigenvalue weighted by molar-refractivity contribution is 7.19. The van der Waals surface area contributed by atoms with Crippen molar-refractivity contribution in [3.63, 3.8) is 0 Å². The van der Waals surface area contributed by atoms with Gasteiger partial charge >= 0.3 is 0 Å². The van der Waals surface area contributed by atoms with Gasteiger partial charge in [0.2, 0.25) is 5.78 Å². The molecule has 5 heteroatoms. The minimum Gasteiger partial charge on any atom is -0.287 e. The largest absolute Gasteiger partial charge is 0.287 e. The van der Waals surface area contributed by atoms with Gasteiger partial charge in [-0.3, -0.25) is 9.69 Å². The maximum absolute atomic E-state index is 13.4. The van der Waals surface area contributed by atoms with Crippen molar-refractivity contribution < 1.29 is 4.79 Å². The summed E-state index contributed by atoms with van der Waals surface area (Å²) >= 11 is 2.89. The van der Waals surface area contributed by atoms with Crippen LogP contribution in [-0.2, 0) is 0 Å². The van der Waals surface area contributed by atoms with Crippen LogP contribution < -0.4 is 4.90 Å². The Bertz CT molecular complexity index is 1240. The van der Waals surface area contributed by atoms with Gasteiger partial charge in [-0.05, 0) is 35.7 Å². The highest BCUT2D eigenvalue weighted by Crippen LogP contribution is 2.41. The fourth-order valence-corrected chi connectivity index (χ4v) is 5.21. The van der Waals surface area contributed by atoms with Crippen LogP contribution in [0.5, 0.6) is 0 Å². The van der Waals surface area contributed by atoms with E-state index in [1.165, 1.54) is 22.7 Å². The number of para-hydroxylation sites is 2. The van der Waals surface area contributed by atoms with Gasteiger partial charge in [0.1, 0.15) is 4.88 Å². The summed E-state index contributed by atoms with van der Waals surface area (Å²) in [6.45, 7) is 0. The molecule has 2 aromatic heterocycles. The van der Waals surface area contributed by atoms with Gasteiger partial charge in [-0.25, -0.2) is 4.98 Å². The summed E-state index contributed by atoms with van der Waals surface area (Å²) in [5, 5.41) is 2.69. The van der Waals surface area contributed by atoms with Crippen molar-refractivity contribution in [1.29, 1.82) is 0 Å². The van der Waals surface area contributed by atoms with Crippen LogP contribution in [0.1, 0.15) is 14.5 Å². The quantitative estimate of drug-likeness (QED) is 0.256. The number of anilines is 3.